The van der Waals surface area contributed by atoms with Gasteiger partial charge in [0, 0.05) is 19.2 Å². The van der Waals surface area contributed by atoms with Crippen LogP contribution >= 0.6 is 0 Å². The van der Waals surface area contributed by atoms with Crippen LogP contribution in [0.2, 0.25) is 0 Å². The van der Waals surface area contributed by atoms with Crippen LogP contribution in [0.25, 0.3) is 0 Å². The Morgan fingerprint density at radius 3 is 2.31 bits per heavy atom. The lowest BCUT2D eigenvalue weighted by atomic mass is 10.1. The summed E-state index contributed by atoms with van der Waals surface area (Å²) in [7, 11) is -3.83. The minimum absolute atomic E-state index is 0.176. The van der Waals surface area contributed by atoms with E-state index in [0.29, 0.717) is 37.7 Å². The number of amides is 2. The van der Waals surface area contributed by atoms with Crippen LogP contribution in [0.15, 0.2) is 42.5 Å². The van der Waals surface area contributed by atoms with Crippen molar-refractivity contribution in [1.82, 2.24) is 10.2 Å². The van der Waals surface area contributed by atoms with Gasteiger partial charge in [0.2, 0.25) is 21.8 Å². The number of rotatable bonds is 11. The summed E-state index contributed by atoms with van der Waals surface area (Å²) >= 11 is 0. The van der Waals surface area contributed by atoms with Crippen LogP contribution < -0.4 is 19.1 Å². The lowest BCUT2D eigenvalue weighted by Gasteiger charge is -2.33. The maximum Gasteiger partial charge on any atom is 0.244 e. The van der Waals surface area contributed by atoms with Crippen molar-refractivity contribution in [3.8, 4) is 11.5 Å². The van der Waals surface area contributed by atoms with Gasteiger partial charge < -0.3 is 19.7 Å². The third-order valence-corrected chi connectivity index (χ3v) is 7.04. The molecular formula is C26H35N3O6S. The number of ether oxygens (including phenoxy) is 2. The standard InChI is InChI=1S/C26H35N3O6S/c1-5-13-27-26(31)22(6-2)28(17-20-9-7-19(3)8-10-20)25(30)18-29(36(4,32)33)21-11-12-23-24(16-21)35-15-14-34-23/h7-12,16,22H,5-6,13-15,17-18H2,1-4H3,(H,27,31)/t22-/m1/s1. The lowest BCUT2D eigenvalue weighted by molar-refractivity contribution is -0.140. The van der Waals surface area contributed by atoms with Crippen LogP contribution in [0.5, 0.6) is 11.5 Å². The zero-order valence-electron chi connectivity index (χ0n) is 21.3. The van der Waals surface area contributed by atoms with Crippen molar-refractivity contribution < 1.29 is 27.5 Å². The van der Waals surface area contributed by atoms with E-state index in [1.807, 2.05) is 45.0 Å². The fourth-order valence-electron chi connectivity index (χ4n) is 3.98. The van der Waals surface area contributed by atoms with Gasteiger partial charge >= 0.3 is 0 Å². The summed E-state index contributed by atoms with van der Waals surface area (Å²) in [5, 5.41) is 2.87. The predicted molar refractivity (Wildman–Crippen MR) is 139 cm³/mol. The van der Waals surface area contributed by atoms with E-state index in [1.165, 1.54) is 4.90 Å². The topological polar surface area (TPSA) is 105 Å². The van der Waals surface area contributed by atoms with Gasteiger partial charge in [0.05, 0.1) is 11.9 Å². The smallest absolute Gasteiger partial charge is 0.244 e. The Morgan fingerprint density at radius 2 is 1.69 bits per heavy atom. The summed E-state index contributed by atoms with van der Waals surface area (Å²) in [4.78, 5) is 28.1. The van der Waals surface area contributed by atoms with E-state index in [0.717, 1.165) is 28.1 Å². The third kappa shape index (κ3) is 6.90. The number of carbonyl (C=O) groups excluding carboxylic acids is 2. The number of aryl methyl sites for hydroxylation is 1. The zero-order valence-corrected chi connectivity index (χ0v) is 22.1. The molecule has 0 bridgehead atoms. The molecule has 2 aromatic carbocycles. The van der Waals surface area contributed by atoms with Gasteiger partial charge in [-0.05, 0) is 37.5 Å². The Kier molecular flexibility index (Phi) is 9.19. The van der Waals surface area contributed by atoms with Crippen LogP contribution in [0.1, 0.15) is 37.8 Å². The minimum Gasteiger partial charge on any atom is -0.486 e. The molecule has 2 amide bonds. The summed E-state index contributed by atoms with van der Waals surface area (Å²) in [5.74, 6) is 0.200. The number of benzene rings is 2. The van der Waals surface area contributed by atoms with Crippen LogP contribution in [0.4, 0.5) is 5.69 Å². The monoisotopic (exact) mass is 517 g/mol. The van der Waals surface area contributed by atoms with Crippen LogP contribution in [-0.4, -0.2) is 63.7 Å². The van der Waals surface area contributed by atoms with Crippen molar-refractivity contribution >= 4 is 27.5 Å². The minimum atomic E-state index is -3.83. The molecule has 0 unspecified atom stereocenters. The fourth-order valence-corrected chi connectivity index (χ4v) is 4.82. The molecule has 1 aliphatic rings. The van der Waals surface area contributed by atoms with E-state index >= 15 is 0 Å². The quantitative estimate of drug-likeness (QED) is 0.492. The maximum atomic E-state index is 13.7. The second-order valence-electron chi connectivity index (χ2n) is 8.82. The Balaban J connectivity index is 1.93. The molecule has 0 saturated carbocycles. The molecule has 1 atom stereocenters. The SMILES string of the molecule is CCCNC(=O)[C@@H](CC)N(Cc1ccc(C)cc1)C(=O)CN(c1ccc2c(c1)OCCO2)S(C)(=O)=O. The lowest BCUT2D eigenvalue weighted by Crippen LogP contribution is -2.52. The molecule has 1 N–H and O–H groups in total. The Morgan fingerprint density at radius 1 is 1.03 bits per heavy atom. The first-order chi connectivity index (χ1) is 17.1. The van der Waals surface area contributed by atoms with Crippen molar-refractivity contribution in [2.24, 2.45) is 0 Å². The summed E-state index contributed by atoms with van der Waals surface area (Å²) < 4.78 is 37.7. The highest BCUT2D eigenvalue weighted by atomic mass is 32.2. The summed E-state index contributed by atoms with van der Waals surface area (Å²) in [6.07, 6.45) is 2.20. The summed E-state index contributed by atoms with van der Waals surface area (Å²) in [6, 6.07) is 11.7. The average molecular weight is 518 g/mol. The summed E-state index contributed by atoms with van der Waals surface area (Å²) in [5.41, 5.74) is 2.21. The van der Waals surface area contributed by atoms with Crippen molar-refractivity contribution in [3.63, 3.8) is 0 Å². The van der Waals surface area contributed by atoms with Gasteiger partial charge in [0.1, 0.15) is 25.8 Å². The van der Waals surface area contributed by atoms with Crippen molar-refractivity contribution in [1.29, 1.82) is 0 Å². The third-order valence-electron chi connectivity index (χ3n) is 5.90. The van der Waals surface area contributed by atoms with Crippen LogP contribution in [-0.2, 0) is 26.2 Å². The fraction of sp³-hybridized carbons (Fsp3) is 0.462. The number of fused-ring (bicyclic) bond motifs is 1. The molecule has 9 nitrogen and oxygen atoms in total. The molecule has 36 heavy (non-hydrogen) atoms. The molecule has 0 aromatic heterocycles. The van der Waals surface area contributed by atoms with Crippen molar-refractivity contribution in [2.45, 2.75) is 46.2 Å². The van der Waals surface area contributed by atoms with Gasteiger partial charge in [-0.2, -0.15) is 0 Å². The Bertz CT molecular complexity index is 1170. The summed E-state index contributed by atoms with van der Waals surface area (Å²) in [6.45, 7) is 6.73. The van der Waals surface area contributed by atoms with Crippen LogP contribution in [0.3, 0.4) is 0 Å². The predicted octanol–water partition coefficient (Wildman–Crippen LogP) is 2.87. The molecule has 0 fully saturated rings. The highest BCUT2D eigenvalue weighted by Gasteiger charge is 2.32. The number of hydrogen-bond acceptors (Lipinski definition) is 6. The molecule has 0 spiro atoms. The molecular weight excluding hydrogens is 482 g/mol. The molecule has 3 rings (SSSR count). The number of sulfonamides is 1. The first kappa shape index (κ1) is 27.3. The van der Waals surface area contributed by atoms with Gasteiger partial charge in [-0.15, -0.1) is 0 Å². The maximum absolute atomic E-state index is 13.7. The number of hydrogen-bond donors (Lipinski definition) is 1. The van der Waals surface area contributed by atoms with E-state index < -0.39 is 28.5 Å². The average Bonchev–Trinajstić information content (AvgIpc) is 2.85. The second-order valence-corrected chi connectivity index (χ2v) is 10.7. The van der Waals surface area contributed by atoms with E-state index in [9.17, 15) is 18.0 Å². The van der Waals surface area contributed by atoms with Crippen molar-refractivity contribution in [3.05, 3.63) is 53.6 Å². The van der Waals surface area contributed by atoms with Gasteiger partial charge in [-0.25, -0.2) is 8.42 Å². The molecule has 0 aliphatic carbocycles. The Hall–Kier alpha value is -3.27. The Labute approximate surface area is 213 Å². The largest absolute Gasteiger partial charge is 0.486 e. The van der Waals surface area contributed by atoms with Gasteiger partial charge in [0.25, 0.3) is 0 Å². The molecule has 0 radical (unpaired) electrons. The van der Waals surface area contributed by atoms with E-state index in [4.69, 9.17) is 9.47 Å². The highest BCUT2D eigenvalue weighted by Crippen LogP contribution is 2.34. The molecule has 10 heteroatoms. The molecule has 196 valence electrons. The zero-order chi connectivity index (χ0) is 26.3. The van der Waals surface area contributed by atoms with E-state index in [-0.39, 0.29) is 18.1 Å². The number of nitrogens with one attached hydrogen (secondary N) is 1. The van der Waals surface area contributed by atoms with Gasteiger partial charge in [-0.1, -0.05) is 43.7 Å². The number of carbonyl (C=O) groups is 2. The highest BCUT2D eigenvalue weighted by molar-refractivity contribution is 7.92. The number of nitrogens with zero attached hydrogens (tertiary/aromatic N) is 2. The number of anilines is 1. The molecule has 1 aliphatic heterocycles. The first-order valence-electron chi connectivity index (χ1n) is 12.1. The van der Waals surface area contributed by atoms with Gasteiger partial charge in [0.15, 0.2) is 11.5 Å². The van der Waals surface area contributed by atoms with E-state index in [2.05, 4.69) is 5.32 Å². The van der Waals surface area contributed by atoms with Crippen molar-refractivity contribution in [2.75, 3.05) is 36.9 Å². The second kappa shape index (κ2) is 12.1. The first-order valence-corrected chi connectivity index (χ1v) is 14.0. The van der Waals surface area contributed by atoms with E-state index in [1.54, 1.807) is 18.2 Å². The van der Waals surface area contributed by atoms with Crippen LogP contribution in [0, 0.1) is 6.92 Å². The molecule has 1 heterocycles. The van der Waals surface area contributed by atoms with Gasteiger partial charge in [-0.3, -0.25) is 13.9 Å². The normalized spacial score (nSPS) is 13.6. The molecule has 0 saturated heterocycles. The molecule has 2 aromatic rings.